The first-order chi connectivity index (χ1) is 10.6. The maximum Gasteiger partial charge on any atom is 0.320 e. The maximum absolute atomic E-state index is 12.0. The van der Waals surface area contributed by atoms with Crippen molar-refractivity contribution >= 4 is 29.2 Å². The van der Waals surface area contributed by atoms with E-state index in [9.17, 15) is 4.79 Å². The number of hydrogen-bond acceptors (Lipinski definition) is 4. The summed E-state index contributed by atoms with van der Waals surface area (Å²) in [6.07, 6.45) is 0. The molecule has 1 aliphatic heterocycles. The molecule has 1 aliphatic rings. The summed E-state index contributed by atoms with van der Waals surface area (Å²) in [5.74, 6) is 0.485. The SMILES string of the molecule is NCCN1CCN(C(=O)NCOc2ccc(Cl)cc2Cl)CC1. The second kappa shape index (κ2) is 8.43. The van der Waals surface area contributed by atoms with Gasteiger partial charge in [0.25, 0.3) is 0 Å². The van der Waals surface area contributed by atoms with Gasteiger partial charge in [0.2, 0.25) is 0 Å². The smallest absolute Gasteiger partial charge is 0.320 e. The van der Waals surface area contributed by atoms with Gasteiger partial charge >= 0.3 is 6.03 Å². The van der Waals surface area contributed by atoms with Crippen LogP contribution in [0.15, 0.2) is 18.2 Å². The Balaban J connectivity index is 1.72. The summed E-state index contributed by atoms with van der Waals surface area (Å²) in [6.45, 7) is 4.63. The topological polar surface area (TPSA) is 70.8 Å². The Morgan fingerprint density at radius 1 is 1.27 bits per heavy atom. The van der Waals surface area contributed by atoms with Gasteiger partial charge < -0.3 is 20.7 Å². The van der Waals surface area contributed by atoms with E-state index in [0.29, 0.717) is 35.4 Å². The second-order valence-electron chi connectivity index (χ2n) is 4.96. The number of nitrogens with two attached hydrogens (primary N) is 1. The molecule has 0 bridgehead atoms. The van der Waals surface area contributed by atoms with Crippen LogP contribution in [0.2, 0.25) is 10.0 Å². The zero-order chi connectivity index (χ0) is 15.9. The van der Waals surface area contributed by atoms with Crippen molar-refractivity contribution in [2.75, 3.05) is 46.0 Å². The lowest BCUT2D eigenvalue weighted by Gasteiger charge is -2.34. The Hall–Kier alpha value is -1.21. The van der Waals surface area contributed by atoms with Crippen molar-refractivity contribution in [3.8, 4) is 5.75 Å². The summed E-state index contributed by atoms with van der Waals surface area (Å²) in [7, 11) is 0. The summed E-state index contributed by atoms with van der Waals surface area (Å²) in [4.78, 5) is 16.0. The fourth-order valence-corrected chi connectivity index (χ4v) is 2.70. The van der Waals surface area contributed by atoms with E-state index < -0.39 is 0 Å². The van der Waals surface area contributed by atoms with Crippen LogP contribution in [0.4, 0.5) is 4.79 Å². The standard InChI is InChI=1S/C14H20Cl2N4O2/c15-11-1-2-13(12(16)9-11)22-10-18-14(21)20-7-5-19(4-3-17)6-8-20/h1-2,9H,3-8,10,17H2,(H,18,21). The van der Waals surface area contributed by atoms with E-state index in [1.54, 1.807) is 23.1 Å². The third kappa shape index (κ3) is 4.91. The quantitative estimate of drug-likeness (QED) is 0.794. The first kappa shape index (κ1) is 17.1. The molecule has 1 heterocycles. The predicted molar refractivity (Wildman–Crippen MR) is 87.6 cm³/mol. The lowest BCUT2D eigenvalue weighted by atomic mass is 10.3. The summed E-state index contributed by atoms with van der Waals surface area (Å²) < 4.78 is 5.44. The molecule has 2 rings (SSSR count). The van der Waals surface area contributed by atoms with Crippen molar-refractivity contribution in [1.29, 1.82) is 0 Å². The highest BCUT2D eigenvalue weighted by atomic mass is 35.5. The number of nitrogens with one attached hydrogen (secondary N) is 1. The van der Waals surface area contributed by atoms with Crippen molar-refractivity contribution in [2.24, 2.45) is 5.73 Å². The summed E-state index contributed by atoms with van der Waals surface area (Å²) in [5.41, 5.74) is 5.53. The van der Waals surface area contributed by atoms with E-state index in [0.717, 1.165) is 19.6 Å². The van der Waals surface area contributed by atoms with Crippen LogP contribution >= 0.6 is 23.2 Å². The van der Waals surface area contributed by atoms with Gasteiger partial charge in [0.05, 0.1) is 5.02 Å². The second-order valence-corrected chi connectivity index (χ2v) is 5.81. The van der Waals surface area contributed by atoms with Crippen LogP contribution in [-0.4, -0.2) is 61.8 Å². The molecule has 0 saturated carbocycles. The Kier molecular flexibility index (Phi) is 6.57. The molecule has 0 aliphatic carbocycles. The molecular formula is C14H20Cl2N4O2. The average Bonchev–Trinajstić information content (AvgIpc) is 2.50. The van der Waals surface area contributed by atoms with Gasteiger partial charge in [0, 0.05) is 44.3 Å². The van der Waals surface area contributed by atoms with Crippen molar-refractivity contribution < 1.29 is 9.53 Å². The number of urea groups is 1. The van der Waals surface area contributed by atoms with Crippen LogP contribution in [0.3, 0.4) is 0 Å². The molecule has 6 nitrogen and oxygen atoms in total. The number of amides is 2. The van der Waals surface area contributed by atoms with Gasteiger partial charge in [0.15, 0.2) is 6.73 Å². The van der Waals surface area contributed by atoms with Gasteiger partial charge in [-0.2, -0.15) is 0 Å². The minimum Gasteiger partial charge on any atom is -0.472 e. The van der Waals surface area contributed by atoms with Crippen LogP contribution in [0.25, 0.3) is 0 Å². The Morgan fingerprint density at radius 3 is 2.64 bits per heavy atom. The number of nitrogens with zero attached hydrogens (tertiary/aromatic N) is 2. The molecule has 3 N–H and O–H groups in total. The van der Waals surface area contributed by atoms with Gasteiger partial charge in [-0.15, -0.1) is 0 Å². The van der Waals surface area contributed by atoms with Crippen LogP contribution in [0.1, 0.15) is 0 Å². The first-order valence-electron chi connectivity index (χ1n) is 7.13. The minimum absolute atomic E-state index is 0.0587. The highest BCUT2D eigenvalue weighted by molar-refractivity contribution is 6.35. The molecule has 22 heavy (non-hydrogen) atoms. The fraction of sp³-hybridized carbons (Fsp3) is 0.500. The highest BCUT2D eigenvalue weighted by Crippen LogP contribution is 2.27. The third-order valence-electron chi connectivity index (χ3n) is 3.45. The maximum atomic E-state index is 12.0. The van der Waals surface area contributed by atoms with Crippen molar-refractivity contribution in [3.63, 3.8) is 0 Å². The van der Waals surface area contributed by atoms with E-state index in [1.807, 2.05) is 0 Å². The van der Waals surface area contributed by atoms with Crippen LogP contribution in [0.5, 0.6) is 5.75 Å². The lowest BCUT2D eigenvalue weighted by Crippen LogP contribution is -2.52. The van der Waals surface area contributed by atoms with Crippen LogP contribution in [-0.2, 0) is 0 Å². The van der Waals surface area contributed by atoms with Gasteiger partial charge in [-0.05, 0) is 18.2 Å². The number of halogens is 2. The molecular weight excluding hydrogens is 327 g/mol. The van der Waals surface area contributed by atoms with Crippen LogP contribution < -0.4 is 15.8 Å². The average molecular weight is 347 g/mol. The molecule has 1 aromatic carbocycles. The van der Waals surface area contributed by atoms with Gasteiger partial charge in [-0.3, -0.25) is 4.90 Å². The highest BCUT2D eigenvalue weighted by Gasteiger charge is 2.20. The molecule has 1 aromatic rings. The number of benzene rings is 1. The first-order valence-corrected chi connectivity index (χ1v) is 7.89. The molecule has 0 aromatic heterocycles. The van der Waals surface area contributed by atoms with E-state index in [2.05, 4.69) is 10.2 Å². The zero-order valence-corrected chi connectivity index (χ0v) is 13.7. The number of carbonyl (C=O) groups is 1. The molecule has 122 valence electrons. The fourth-order valence-electron chi connectivity index (χ4n) is 2.24. The number of ether oxygens (including phenoxy) is 1. The molecule has 0 unspecified atom stereocenters. The monoisotopic (exact) mass is 346 g/mol. The largest absolute Gasteiger partial charge is 0.472 e. The molecule has 2 amide bonds. The molecule has 1 fully saturated rings. The molecule has 1 saturated heterocycles. The van der Waals surface area contributed by atoms with Crippen molar-refractivity contribution in [2.45, 2.75) is 0 Å². The molecule has 8 heteroatoms. The zero-order valence-electron chi connectivity index (χ0n) is 12.2. The lowest BCUT2D eigenvalue weighted by molar-refractivity contribution is 0.135. The number of rotatable bonds is 5. The summed E-state index contributed by atoms with van der Waals surface area (Å²) in [6, 6.07) is 4.80. The molecule has 0 spiro atoms. The van der Waals surface area contributed by atoms with E-state index in [1.165, 1.54) is 0 Å². The Morgan fingerprint density at radius 2 is 2.00 bits per heavy atom. The third-order valence-corrected chi connectivity index (χ3v) is 3.98. The van der Waals surface area contributed by atoms with Crippen molar-refractivity contribution in [1.82, 2.24) is 15.1 Å². The molecule has 0 atom stereocenters. The van der Waals surface area contributed by atoms with E-state index in [-0.39, 0.29) is 12.8 Å². The number of piperazine rings is 1. The van der Waals surface area contributed by atoms with Gasteiger partial charge in [-0.25, -0.2) is 4.79 Å². The van der Waals surface area contributed by atoms with Crippen LogP contribution in [0, 0.1) is 0 Å². The Bertz CT molecular complexity index is 508. The minimum atomic E-state index is -0.141. The number of hydrogen-bond donors (Lipinski definition) is 2. The van der Waals surface area contributed by atoms with Crippen molar-refractivity contribution in [3.05, 3.63) is 28.2 Å². The summed E-state index contributed by atoms with van der Waals surface area (Å²) in [5, 5.41) is 3.67. The summed E-state index contributed by atoms with van der Waals surface area (Å²) >= 11 is 11.8. The molecule has 0 radical (unpaired) electrons. The van der Waals surface area contributed by atoms with Gasteiger partial charge in [0.1, 0.15) is 5.75 Å². The number of carbonyl (C=O) groups excluding carboxylic acids is 1. The van der Waals surface area contributed by atoms with E-state index >= 15 is 0 Å². The van der Waals surface area contributed by atoms with Gasteiger partial charge in [-0.1, -0.05) is 23.2 Å². The predicted octanol–water partition coefficient (Wildman–Crippen LogP) is 1.62. The Labute approximate surface area is 140 Å². The van der Waals surface area contributed by atoms with E-state index in [4.69, 9.17) is 33.7 Å². The normalized spacial score (nSPS) is 15.7.